The zero-order valence-electron chi connectivity index (χ0n) is 13.5. The van der Waals surface area contributed by atoms with E-state index in [1.54, 1.807) is 19.0 Å². The van der Waals surface area contributed by atoms with Crippen molar-refractivity contribution in [1.29, 1.82) is 0 Å². The minimum atomic E-state index is -0.00620. The van der Waals surface area contributed by atoms with Gasteiger partial charge in [-0.25, -0.2) is 0 Å². The largest absolute Gasteiger partial charge is 0.357 e. The van der Waals surface area contributed by atoms with E-state index in [-0.39, 0.29) is 12.5 Å². The molecule has 118 valence electrons. The lowest BCUT2D eigenvalue weighted by Crippen LogP contribution is -2.32. The summed E-state index contributed by atoms with van der Waals surface area (Å²) in [7, 11) is 3.51. The SMILES string of the molecule is CCN(C)C(=O)CNc1nc(NC)nc(N(CC)CC)n1. The Morgan fingerprint density at radius 2 is 1.67 bits per heavy atom. The number of nitrogens with one attached hydrogen (secondary N) is 2. The Hall–Kier alpha value is -2.12. The first-order valence-corrected chi connectivity index (χ1v) is 7.22. The molecular weight excluding hydrogens is 270 g/mol. The fraction of sp³-hybridized carbons (Fsp3) is 0.692. The van der Waals surface area contributed by atoms with E-state index in [2.05, 4.69) is 25.6 Å². The zero-order chi connectivity index (χ0) is 15.8. The van der Waals surface area contributed by atoms with Gasteiger partial charge in [-0.2, -0.15) is 15.0 Å². The highest BCUT2D eigenvalue weighted by Gasteiger charge is 2.12. The molecule has 1 heterocycles. The van der Waals surface area contributed by atoms with Gasteiger partial charge in [0.1, 0.15) is 0 Å². The van der Waals surface area contributed by atoms with Gasteiger partial charge in [0.2, 0.25) is 23.8 Å². The van der Waals surface area contributed by atoms with E-state index in [1.807, 2.05) is 25.7 Å². The number of aromatic nitrogens is 3. The first-order valence-electron chi connectivity index (χ1n) is 7.22. The molecule has 0 aromatic carbocycles. The van der Waals surface area contributed by atoms with E-state index >= 15 is 0 Å². The second-order valence-corrected chi connectivity index (χ2v) is 4.47. The molecule has 0 fully saturated rings. The van der Waals surface area contributed by atoms with Crippen LogP contribution in [0.1, 0.15) is 20.8 Å². The predicted molar refractivity (Wildman–Crippen MR) is 84.7 cm³/mol. The molecule has 0 bridgehead atoms. The number of hydrogen-bond acceptors (Lipinski definition) is 7. The van der Waals surface area contributed by atoms with Crippen molar-refractivity contribution in [2.75, 3.05) is 55.8 Å². The van der Waals surface area contributed by atoms with Crippen LogP contribution in [0.2, 0.25) is 0 Å². The molecule has 0 saturated carbocycles. The number of likely N-dealkylation sites (N-methyl/N-ethyl adjacent to an activating group) is 1. The predicted octanol–water partition coefficient (Wildman–Crippen LogP) is 0.650. The van der Waals surface area contributed by atoms with E-state index in [0.29, 0.717) is 24.4 Å². The van der Waals surface area contributed by atoms with Gasteiger partial charge in [-0.15, -0.1) is 0 Å². The normalized spacial score (nSPS) is 10.1. The Balaban J connectivity index is 2.86. The molecular formula is C13H25N7O. The Kier molecular flexibility index (Phi) is 6.64. The molecule has 1 aromatic rings. The molecule has 1 amide bonds. The summed E-state index contributed by atoms with van der Waals surface area (Å²) >= 11 is 0. The van der Waals surface area contributed by atoms with Crippen LogP contribution in [0.4, 0.5) is 17.8 Å². The fourth-order valence-corrected chi connectivity index (χ4v) is 1.67. The quantitative estimate of drug-likeness (QED) is 0.728. The van der Waals surface area contributed by atoms with E-state index in [0.717, 1.165) is 13.1 Å². The van der Waals surface area contributed by atoms with Crippen LogP contribution in [-0.2, 0) is 4.79 Å². The Bertz CT molecular complexity index is 462. The molecule has 8 heteroatoms. The smallest absolute Gasteiger partial charge is 0.241 e. The van der Waals surface area contributed by atoms with Gasteiger partial charge in [0, 0.05) is 33.7 Å². The van der Waals surface area contributed by atoms with Crippen LogP contribution in [0.5, 0.6) is 0 Å². The van der Waals surface area contributed by atoms with Crippen LogP contribution in [0, 0.1) is 0 Å². The molecule has 0 aliphatic carbocycles. The van der Waals surface area contributed by atoms with E-state index in [1.165, 1.54) is 0 Å². The average Bonchev–Trinajstić information content (AvgIpc) is 2.52. The van der Waals surface area contributed by atoms with E-state index in [9.17, 15) is 4.79 Å². The third-order valence-electron chi connectivity index (χ3n) is 3.19. The molecule has 0 spiro atoms. The van der Waals surface area contributed by atoms with Crippen molar-refractivity contribution < 1.29 is 4.79 Å². The molecule has 0 atom stereocenters. The third kappa shape index (κ3) is 4.73. The molecule has 21 heavy (non-hydrogen) atoms. The molecule has 0 unspecified atom stereocenters. The van der Waals surface area contributed by atoms with E-state index in [4.69, 9.17) is 0 Å². The van der Waals surface area contributed by atoms with Gasteiger partial charge < -0.3 is 20.4 Å². The number of carbonyl (C=O) groups is 1. The zero-order valence-corrected chi connectivity index (χ0v) is 13.5. The highest BCUT2D eigenvalue weighted by molar-refractivity contribution is 5.80. The number of nitrogens with zero attached hydrogens (tertiary/aromatic N) is 5. The van der Waals surface area contributed by atoms with Crippen molar-refractivity contribution in [2.24, 2.45) is 0 Å². The summed E-state index contributed by atoms with van der Waals surface area (Å²) in [6.45, 7) is 8.46. The lowest BCUT2D eigenvalue weighted by Gasteiger charge is -2.20. The summed E-state index contributed by atoms with van der Waals surface area (Å²) in [5.74, 6) is 1.46. The number of amides is 1. The van der Waals surface area contributed by atoms with Crippen molar-refractivity contribution >= 4 is 23.8 Å². The van der Waals surface area contributed by atoms with Crippen LogP contribution >= 0.6 is 0 Å². The van der Waals surface area contributed by atoms with Crippen LogP contribution in [-0.4, -0.2) is 66.0 Å². The van der Waals surface area contributed by atoms with Crippen molar-refractivity contribution in [2.45, 2.75) is 20.8 Å². The summed E-state index contributed by atoms with van der Waals surface area (Å²) in [5.41, 5.74) is 0. The third-order valence-corrected chi connectivity index (χ3v) is 3.19. The summed E-state index contributed by atoms with van der Waals surface area (Å²) in [6.07, 6.45) is 0. The monoisotopic (exact) mass is 295 g/mol. The number of rotatable bonds is 8. The Morgan fingerprint density at radius 3 is 2.19 bits per heavy atom. The van der Waals surface area contributed by atoms with Crippen LogP contribution in [0.3, 0.4) is 0 Å². The average molecular weight is 295 g/mol. The van der Waals surface area contributed by atoms with Crippen molar-refractivity contribution in [1.82, 2.24) is 19.9 Å². The van der Waals surface area contributed by atoms with Gasteiger partial charge in [-0.05, 0) is 20.8 Å². The second kappa shape index (κ2) is 8.23. The molecule has 0 saturated heterocycles. The van der Waals surface area contributed by atoms with Gasteiger partial charge >= 0.3 is 0 Å². The number of hydrogen-bond donors (Lipinski definition) is 2. The number of carbonyl (C=O) groups excluding carboxylic acids is 1. The maximum atomic E-state index is 11.8. The van der Waals surface area contributed by atoms with Crippen LogP contribution in [0.25, 0.3) is 0 Å². The van der Waals surface area contributed by atoms with Gasteiger partial charge in [0.15, 0.2) is 0 Å². The lowest BCUT2D eigenvalue weighted by molar-refractivity contribution is -0.127. The van der Waals surface area contributed by atoms with Crippen LogP contribution < -0.4 is 15.5 Å². The van der Waals surface area contributed by atoms with Gasteiger partial charge in [-0.1, -0.05) is 0 Å². The summed E-state index contributed by atoms with van der Waals surface area (Å²) in [4.78, 5) is 28.4. The maximum Gasteiger partial charge on any atom is 0.241 e. The molecule has 2 N–H and O–H groups in total. The second-order valence-electron chi connectivity index (χ2n) is 4.47. The minimum absolute atomic E-state index is 0.00620. The molecule has 1 aromatic heterocycles. The molecule has 0 radical (unpaired) electrons. The first kappa shape index (κ1) is 16.9. The number of anilines is 3. The van der Waals surface area contributed by atoms with Gasteiger partial charge in [0.05, 0.1) is 6.54 Å². The Morgan fingerprint density at radius 1 is 1.05 bits per heavy atom. The van der Waals surface area contributed by atoms with Gasteiger partial charge in [-0.3, -0.25) is 4.79 Å². The molecule has 0 aliphatic heterocycles. The molecule has 1 rings (SSSR count). The lowest BCUT2D eigenvalue weighted by atomic mass is 10.5. The van der Waals surface area contributed by atoms with E-state index < -0.39 is 0 Å². The fourth-order valence-electron chi connectivity index (χ4n) is 1.67. The summed E-state index contributed by atoms with van der Waals surface area (Å²) in [5, 5.41) is 5.87. The first-order chi connectivity index (χ1) is 10.0. The minimum Gasteiger partial charge on any atom is -0.357 e. The summed E-state index contributed by atoms with van der Waals surface area (Å²) in [6, 6.07) is 0. The van der Waals surface area contributed by atoms with Gasteiger partial charge in [0.25, 0.3) is 0 Å². The highest BCUT2D eigenvalue weighted by atomic mass is 16.2. The van der Waals surface area contributed by atoms with Crippen LogP contribution in [0.15, 0.2) is 0 Å². The van der Waals surface area contributed by atoms with Crippen molar-refractivity contribution in [3.63, 3.8) is 0 Å². The highest BCUT2D eigenvalue weighted by Crippen LogP contribution is 2.12. The summed E-state index contributed by atoms with van der Waals surface area (Å²) < 4.78 is 0. The molecule has 0 aliphatic rings. The van der Waals surface area contributed by atoms with Crippen molar-refractivity contribution in [3.05, 3.63) is 0 Å². The maximum absolute atomic E-state index is 11.8. The topological polar surface area (TPSA) is 86.3 Å². The Labute approximate surface area is 126 Å². The van der Waals surface area contributed by atoms with Crippen molar-refractivity contribution in [3.8, 4) is 0 Å². The molecule has 8 nitrogen and oxygen atoms in total. The standard InChI is InChI=1S/C13H25N7O/c1-6-19(5)10(21)9-15-12-16-11(14-4)17-13(18-12)20(7-2)8-3/h6-9H2,1-5H3,(H2,14,15,16,17,18).